The van der Waals surface area contributed by atoms with E-state index in [-0.39, 0.29) is 36.2 Å². The van der Waals surface area contributed by atoms with Gasteiger partial charge in [0.05, 0.1) is 17.5 Å². The fourth-order valence-corrected chi connectivity index (χ4v) is 4.30. The molecule has 0 unspecified atom stereocenters. The molecule has 1 aromatic heterocycles. The van der Waals surface area contributed by atoms with Gasteiger partial charge in [-0.25, -0.2) is 4.98 Å². The fraction of sp³-hybridized carbons (Fsp3) is 0.138. The Labute approximate surface area is 235 Å². The van der Waals surface area contributed by atoms with Crippen molar-refractivity contribution in [2.24, 2.45) is 0 Å². The minimum Gasteiger partial charge on any atom is -0.530 e. The number of halogens is 1. The third kappa shape index (κ3) is 6.54. The number of aromatic nitrogens is 1. The minimum atomic E-state index is -1.53. The number of rotatable bonds is 11. The molecular formula is C29H25ClN5O5-. The summed E-state index contributed by atoms with van der Waals surface area (Å²) in [6.07, 6.45) is -1.53. The number of hydrogen-bond acceptors (Lipinski definition) is 8. The third-order valence-corrected chi connectivity index (χ3v) is 6.38. The Morgan fingerprint density at radius 2 is 1.55 bits per heavy atom. The Hall–Kier alpha value is -4.96. The van der Waals surface area contributed by atoms with E-state index >= 15 is 0 Å². The van der Waals surface area contributed by atoms with Gasteiger partial charge in [-0.3, -0.25) is 14.9 Å². The zero-order chi connectivity index (χ0) is 28.6. The van der Waals surface area contributed by atoms with Crippen molar-refractivity contribution in [2.45, 2.75) is 13.0 Å². The second-order valence-electron chi connectivity index (χ2n) is 8.67. The number of nitro groups is 1. The lowest BCUT2D eigenvalue weighted by atomic mass is 9.98. The molecule has 0 bridgehead atoms. The molecule has 0 radical (unpaired) electrons. The lowest BCUT2D eigenvalue weighted by Crippen LogP contribution is -2.41. The van der Waals surface area contributed by atoms with Crippen LogP contribution in [-0.4, -0.2) is 34.9 Å². The maximum absolute atomic E-state index is 12.8. The van der Waals surface area contributed by atoms with Crippen LogP contribution in [0.3, 0.4) is 0 Å². The van der Waals surface area contributed by atoms with Gasteiger partial charge in [0, 0.05) is 23.2 Å². The zero-order valence-corrected chi connectivity index (χ0v) is 22.2. The van der Waals surface area contributed by atoms with E-state index in [4.69, 9.17) is 11.6 Å². The van der Waals surface area contributed by atoms with E-state index in [2.05, 4.69) is 15.6 Å². The summed E-state index contributed by atoms with van der Waals surface area (Å²) in [7, 11) is 0. The van der Waals surface area contributed by atoms with E-state index < -0.39 is 22.7 Å². The molecule has 0 fully saturated rings. The SMILES string of the molecule is CCN(C(=O)[O-])c1cc(NC(c2ccccc2)c2ccccc2)c([N+](=O)[O-])c(NCC(=O)c2ccc(Cl)cc2)n1. The Morgan fingerprint density at radius 3 is 2.05 bits per heavy atom. The van der Waals surface area contributed by atoms with Gasteiger partial charge < -0.3 is 25.4 Å². The predicted octanol–water partition coefficient (Wildman–Crippen LogP) is 5.31. The lowest BCUT2D eigenvalue weighted by molar-refractivity contribution is -0.383. The monoisotopic (exact) mass is 558 g/mol. The second-order valence-corrected chi connectivity index (χ2v) is 9.11. The van der Waals surface area contributed by atoms with E-state index in [9.17, 15) is 24.8 Å². The van der Waals surface area contributed by atoms with E-state index in [0.717, 1.165) is 16.0 Å². The van der Waals surface area contributed by atoms with E-state index in [0.29, 0.717) is 10.6 Å². The zero-order valence-electron chi connectivity index (χ0n) is 21.4. The van der Waals surface area contributed by atoms with Gasteiger partial charge in [-0.05, 0) is 42.3 Å². The van der Waals surface area contributed by atoms with Crippen molar-refractivity contribution in [1.82, 2.24) is 4.98 Å². The molecule has 0 atom stereocenters. The molecule has 10 nitrogen and oxygen atoms in total. The van der Waals surface area contributed by atoms with Crippen molar-refractivity contribution in [3.05, 3.63) is 123 Å². The number of amides is 1. The molecule has 40 heavy (non-hydrogen) atoms. The van der Waals surface area contributed by atoms with Gasteiger partial charge in [-0.15, -0.1) is 0 Å². The lowest BCUT2D eigenvalue weighted by Gasteiger charge is -2.26. The number of nitrogens with zero attached hydrogens (tertiary/aromatic N) is 3. The van der Waals surface area contributed by atoms with E-state index in [1.54, 1.807) is 19.1 Å². The van der Waals surface area contributed by atoms with Crippen LogP contribution in [0.4, 0.5) is 27.8 Å². The Balaban J connectivity index is 1.80. The molecule has 0 aliphatic heterocycles. The molecular weight excluding hydrogens is 534 g/mol. The fourth-order valence-electron chi connectivity index (χ4n) is 4.17. The highest BCUT2D eigenvalue weighted by molar-refractivity contribution is 6.30. The number of carbonyl (C=O) groups excluding carboxylic acids is 2. The molecule has 0 saturated heterocycles. The summed E-state index contributed by atoms with van der Waals surface area (Å²) in [6, 6.07) is 25.6. The first-order valence-corrected chi connectivity index (χ1v) is 12.7. The van der Waals surface area contributed by atoms with E-state index in [1.165, 1.54) is 18.2 Å². The highest BCUT2D eigenvalue weighted by Gasteiger charge is 2.28. The van der Waals surface area contributed by atoms with Crippen molar-refractivity contribution in [2.75, 3.05) is 28.6 Å². The topological polar surface area (TPSA) is 141 Å². The van der Waals surface area contributed by atoms with E-state index in [1.807, 2.05) is 60.7 Å². The van der Waals surface area contributed by atoms with Crippen LogP contribution in [0, 0.1) is 10.1 Å². The van der Waals surface area contributed by atoms with Crippen molar-refractivity contribution in [1.29, 1.82) is 0 Å². The molecule has 1 amide bonds. The number of Topliss-reactive ketones (excluding diaryl/α,β-unsaturated/α-hetero) is 1. The molecule has 0 aliphatic rings. The summed E-state index contributed by atoms with van der Waals surface area (Å²) in [6.45, 7) is 1.23. The van der Waals surface area contributed by atoms with Crippen LogP contribution in [0.2, 0.25) is 5.02 Å². The quantitative estimate of drug-likeness (QED) is 0.143. The highest BCUT2D eigenvalue weighted by Crippen LogP contribution is 2.38. The summed E-state index contributed by atoms with van der Waals surface area (Å²) in [4.78, 5) is 41.5. The van der Waals surface area contributed by atoms with Crippen molar-refractivity contribution < 1.29 is 19.6 Å². The van der Waals surface area contributed by atoms with Gasteiger partial charge in [0.25, 0.3) is 0 Å². The van der Waals surface area contributed by atoms with Crippen LogP contribution >= 0.6 is 11.6 Å². The molecule has 1 heterocycles. The summed E-state index contributed by atoms with van der Waals surface area (Å²) in [5, 5.41) is 30.7. The van der Waals surface area contributed by atoms with Crippen LogP contribution in [0.15, 0.2) is 91.0 Å². The molecule has 4 aromatic rings. The number of pyridine rings is 1. The molecule has 2 N–H and O–H groups in total. The average Bonchev–Trinajstić information content (AvgIpc) is 2.95. The van der Waals surface area contributed by atoms with Gasteiger partial charge in [-0.1, -0.05) is 72.3 Å². The predicted molar refractivity (Wildman–Crippen MR) is 152 cm³/mol. The van der Waals surface area contributed by atoms with Gasteiger partial charge in [-0.2, -0.15) is 0 Å². The van der Waals surface area contributed by atoms with Crippen molar-refractivity contribution >= 4 is 46.5 Å². The van der Waals surface area contributed by atoms with Crippen molar-refractivity contribution in [3.63, 3.8) is 0 Å². The number of anilines is 3. The van der Waals surface area contributed by atoms with Crippen LogP contribution in [0.25, 0.3) is 0 Å². The van der Waals surface area contributed by atoms with Gasteiger partial charge in [0.1, 0.15) is 17.6 Å². The summed E-state index contributed by atoms with van der Waals surface area (Å²) in [5.74, 6) is -0.741. The molecule has 0 spiro atoms. The number of carboxylic acid groups (broad SMARTS) is 1. The first-order chi connectivity index (χ1) is 19.3. The third-order valence-electron chi connectivity index (χ3n) is 6.12. The number of hydrogen-bond donors (Lipinski definition) is 2. The Bertz CT molecular complexity index is 1460. The number of ketones is 1. The van der Waals surface area contributed by atoms with Crippen LogP contribution < -0.4 is 20.6 Å². The smallest absolute Gasteiger partial charge is 0.334 e. The van der Waals surface area contributed by atoms with Crippen LogP contribution in [-0.2, 0) is 0 Å². The van der Waals surface area contributed by atoms with Gasteiger partial charge in [0.15, 0.2) is 5.78 Å². The first-order valence-electron chi connectivity index (χ1n) is 12.4. The minimum absolute atomic E-state index is 0.00819. The van der Waals surface area contributed by atoms with Gasteiger partial charge >= 0.3 is 5.69 Å². The molecule has 0 aliphatic carbocycles. The number of benzene rings is 3. The maximum Gasteiger partial charge on any atom is 0.334 e. The van der Waals surface area contributed by atoms with Crippen LogP contribution in [0.1, 0.15) is 34.5 Å². The summed E-state index contributed by atoms with van der Waals surface area (Å²) in [5.41, 5.74) is 1.54. The second kappa shape index (κ2) is 12.7. The largest absolute Gasteiger partial charge is 0.530 e. The summed E-state index contributed by atoms with van der Waals surface area (Å²) < 4.78 is 0. The standard InChI is InChI=1S/C29H26ClN5O5/c1-2-34(29(37)38)25-17-23(32-26(20-9-5-3-6-10-20)21-11-7-4-8-12-21)27(35(39)40)28(33-25)31-18-24(36)19-13-15-22(30)16-14-19/h3-17,26H,2,18H2,1H3,(H,37,38)(H2,31,32,33)/p-1. The molecule has 3 aromatic carbocycles. The maximum atomic E-state index is 12.8. The molecule has 11 heteroatoms. The number of carbonyl (C=O) groups is 2. The number of nitrogens with one attached hydrogen (secondary N) is 2. The highest BCUT2D eigenvalue weighted by atomic mass is 35.5. The van der Waals surface area contributed by atoms with Crippen molar-refractivity contribution in [3.8, 4) is 0 Å². The first kappa shape index (κ1) is 28.1. The molecule has 0 saturated carbocycles. The normalized spacial score (nSPS) is 10.7. The average molecular weight is 559 g/mol. The van der Waals surface area contributed by atoms with Gasteiger partial charge in [0.2, 0.25) is 5.82 Å². The Morgan fingerprint density at radius 1 is 0.975 bits per heavy atom. The Kier molecular flexibility index (Phi) is 8.93. The molecule has 204 valence electrons. The molecule has 4 rings (SSSR count). The van der Waals surface area contributed by atoms with Crippen LogP contribution in [0.5, 0.6) is 0 Å². The summed E-state index contributed by atoms with van der Waals surface area (Å²) >= 11 is 5.90.